The first-order chi connectivity index (χ1) is 8.22. The highest BCUT2D eigenvalue weighted by Crippen LogP contribution is 2.24. The standard InChI is InChI=1S/C15H16FN/c1-11-6-5-7-12(10-11)15(17-2)13-8-3-4-9-14(13)16/h3-10,15,17H,1-2H3. The lowest BCUT2D eigenvalue weighted by atomic mass is 9.97. The van der Waals surface area contributed by atoms with Crippen LogP contribution in [-0.2, 0) is 0 Å². The van der Waals surface area contributed by atoms with E-state index in [1.54, 1.807) is 6.07 Å². The molecule has 0 spiro atoms. The molecule has 0 aromatic heterocycles. The third-order valence-electron chi connectivity index (χ3n) is 2.88. The van der Waals surface area contributed by atoms with Crippen molar-refractivity contribution >= 4 is 0 Å². The van der Waals surface area contributed by atoms with Crippen LogP contribution in [0.4, 0.5) is 4.39 Å². The fourth-order valence-corrected chi connectivity index (χ4v) is 2.06. The fraction of sp³-hybridized carbons (Fsp3) is 0.200. The van der Waals surface area contributed by atoms with Crippen molar-refractivity contribution < 1.29 is 4.39 Å². The monoisotopic (exact) mass is 229 g/mol. The van der Waals surface area contributed by atoms with Crippen LogP contribution in [0.25, 0.3) is 0 Å². The van der Waals surface area contributed by atoms with Gasteiger partial charge >= 0.3 is 0 Å². The van der Waals surface area contributed by atoms with Crippen LogP contribution in [0.3, 0.4) is 0 Å². The van der Waals surface area contributed by atoms with Gasteiger partial charge in [-0.05, 0) is 25.6 Å². The first-order valence-electron chi connectivity index (χ1n) is 5.70. The van der Waals surface area contributed by atoms with Crippen LogP contribution in [0.1, 0.15) is 22.7 Å². The summed E-state index contributed by atoms with van der Waals surface area (Å²) in [4.78, 5) is 0. The molecule has 88 valence electrons. The van der Waals surface area contributed by atoms with E-state index in [0.717, 1.165) is 5.56 Å². The van der Waals surface area contributed by atoms with Gasteiger partial charge in [0, 0.05) is 5.56 Å². The summed E-state index contributed by atoms with van der Waals surface area (Å²) in [7, 11) is 1.85. The molecule has 17 heavy (non-hydrogen) atoms. The van der Waals surface area contributed by atoms with Gasteiger partial charge in [-0.15, -0.1) is 0 Å². The first-order valence-corrected chi connectivity index (χ1v) is 5.70. The third kappa shape index (κ3) is 2.53. The average molecular weight is 229 g/mol. The van der Waals surface area contributed by atoms with Crippen molar-refractivity contribution in [3.63, 3.8) is 0 Å². The molecular formula is C15H16FN. The average Bonchev–Trinajstić information content (AvgIpc) is 2.33. The van der Waals surface area contributed by atoms with E-state index in [-0.39, 0.29) is 11.9 Å². The second-order valence-electron chi connectivity index (χ2n) is 4.16. The summed E-state index contributed by atoms with van der Waals surface area (Å²) in [5, 5.41) is 3.16. The van der Waals surface area contributed by atoms with Crippen molar-refractivity contribution in [1.82, 2.24) is 5.32 Å². The quantitative estimate of drug-likeness (QED) is 0.850. The summed E-state index contributed by atoms with van der Waals surface area (Å²) in [5.74, 6) is -0.173. The van der Waals surface area contributed by atoms with E-state index in [1.165, 1.54) is 11.6 Å². The van der Waals surface area contributed by atoms with Crippen molar-refractivity contribution in [3.8, 4) is 0 Å². The molecule has 0 amide bonds. The van der Waals surface area contributed by atoms with Gasteiger partial charge in [0.15, 0.2) is 0 Å². The van der Waals surface area contributed by atoms with Crippen LogP contribution >= 0.6 is 0 Å². The summed E-state index contributed by atoms with van der Waals surface area (Å²) in [6.07, 6.45) is 0. The van der Waals surface area contributed by atoms with E-state index in [9.17, 15) is 4.39 Å². The van der Waals surface area contributed by atoms with Crippen molar-refractivity contribution in [2.45, 2.75) is 13.0 Å². The molecule has 1 unspecified atom stereocenters. The second-order valence-corrected chi connectivity index (χ2v) is 4.16. The molecule has 0 saturated carbocycles. The minimum atomic E-state index is -0.173. The molecular weight excluding hydrogens is 213 g/mol. The molecule has 0 aliphatic rings. The number of halogens is 1. The molecule has 0 aliphatic heterocycles. The molecule has 1 nitrogen and oxygen atoms in total. The van der Waals surface area contributed by atoms with Gasteiger partial charge in [-0.2, -0.15) is 0 Å². The van der Waals surface area contributed by atoms with Gasteiger partial charge in [0.2, 0.25) is 0 Å². The minimum Gasteiger partial charge on any atom is -0.309 e. The lowest BCUT2D eigenvalue weighted by Crippen LogP contribution is -2.18. The molecule has 1 atom stereocenters. The molecule has 1 N–H and O–H groups in total. The highest BCUT2D eigenvalue weighted by molar-refractivity contribution is 5.34. The van der Waals surface area contributed by atoms with Crippen LogP contribution in [0, 0.1) is 12.7 Å². The lowest BCUT2D eigenvalue weighted by molar-refractivity contribution is 0.576. The van der Waals surface area contributed by atoms with Crippen LogP contribution in [0.15, 0.2) is 48.5 Å². The van der Waals surface area contributed by atoms with Crippen molar-refractivity contribution in [2.24, 2.45) is 0 Å². The Morgan fingerprint density at radius 3 is 2.47 bits per heavy atom. The van der Waals surface area contributed by atoms with E-state index in [2.05, 4.69) is 11.4 Å². The lowest BCUT2D eigenvalue weighted by Gasteiger charge is -2.18. The first kappa shape index (κ1) is 11.8. The normalized spacial score (nSPS) is 12.4. The predicted molar refractivity (Wildman–Crippen MR) is 68.5 cm³/mol. The molecule has 0 fully saturated rings. The van der Waals surface area contributed by atoms with Crippen LogP contribution in [-0.4, -0.2) is 7.05 Å². The predicted octanol–water partition coefficient (Wildman–Crippen LogP) is 3.44. The number of hydrogen-bond donors (Lipinski definition) is 1. The van der Waals surface area contributed by atoms with Crippen molar-refractivity contribution in [3.05, 3.63) is 71.0 Å². The van der Waals surface area contributed by atoms with Gasteiger partial charge < -0.3 is 5.32 Å². The maximum atomic E-state index is 13.8. The Hall–Kier alpha value is -1.67. The summed E-state index contributed by atoms with van der Waals surface area (Å²) >= 11 is 0. The Kier molecular flexibility index (Phi) is 3.55. The van der Waals surface area contributed by atoms with Crippen molar-refractivity contribution in [1.29, 1.82) is 0 Å². The van der Waals surface area contributed by atoms with Crippen molar-refractivity contribution in [2.75, 3.05) is 7.05 Å². The number of rotatable bonds is 3. The molecule has 0 radical (unpaired) electrons. The Labute approximate surface area is 101 Å². The number of benzene rings is 2. The van der Waals surface area contributed by atoms with E-state index in [0.29, 0.717) is 5.56 Å². The van der Waals surface area contributed by atoms with Gasteiger partial charge in [0.05, 0.1) is 6.04 Å². The van der Waals surface area contributed by atoms with Gasteiger partial charge in [-0.1, -0.05) is 48.0 Å². The maximum Gasteiger partial charge on any atom is 0.128 e. The van der Waals surface area contributed by atoms with Crippen LogP contribution < -0.4 is 5.32 Å². The Morgan fingerprint density at radius 1 is 1.06 bits per heavy atom. The Bertz CT molecular complexity index is 508. The van der Waals surface area contributed by atoms with Crippen LogP contribution in [0.2, 0.25) is 0 Å². The van der Waals surface area contributed by atoms with E-state index >= 15 is 0 Å². The van der Waals surface area contributed by atoms with E-state index in [4.69, 9.17) is 0 Å². The highest BCUT2D eigenvalue weighted by atomic mass is 19.1. The molecule has 2 aromatic carbocycles. The SMILES string of the molecule is CNC(c1cccc(C)c1)c1ccccc1F. The van der Waals surface area contributed by atoms with Gasteiger partial charge in [-0.25, -0.2) is 4.39 Å². The molecule has 2 heteroatoms. The fourth-order valence-electron chi connectivity index (χ4n) is 2.06. The summed E-state index contributed by atoms with van der Waals surface area (Å²) in [5.41, 5.74) is 2.94. The third-order valence-corrected chi connectivity index (χ3v) is 2.88. The molecule has 0 bridgehead atoms. The maximum absolute atomic E-state index is 13.8. The topological polar surface area (TPSA) is 12.0 Å². The minimum absolute atomic E-state index is 0.101. The Morgan fingerprint density at radius 2 is 1.82 bits per heavy atom. The van der Waals surface area contributed by atoms with Gasteiger partial charge in [0.1, 0.15) is 5.82 Å². The zero-order chi connectivity index (χ0) is 12.3. The number of hydrogen-bond acceptors (Lipinski definition) is 1. The van der Waals surface area contributed by atoms with Gasteiger partial charge in [-0.3, -0.25) is 0 Å². The molecule has 2 aromatic rings. The second kappa shape index (κ2) is 5.11. The van der Waals surface area contributed by atoms with Gasteiger partial charge in [0.25, 0.3) is 0 Å². The summed E-state index contributed by atoms with van der Waals surface area (Å²) in [6.45, 7) is 2.04. The Balaban J connectivity index is 2.44. The molecule has 0 saturated heterocycles. The summed E-state index contributed by atoms with van der Waals surface area (Å²) < 4.78 is 13.8. The number of nitrogens with one attached hydrogen (secondary N) is 1. The van der Waals surface area contributed by atoms with Crippen LogP contribution in [0.5, 0.6) is 0 Å². The zero-order valence-corrected chi connectivity index (χ0v) is 10.1. The zero-order valence-electron chi connectivity index (χ0n) is 10.1. The van der Waals surface area contributed by atoms with E-state index in [1.807, 2.05) is 44.3 Å². The smallest absolute Gasteiger partial charge is 0.128 e. The number of aryl methyl sites for hydroxylation is 1. The largest absolute Gasteiger partial charge is 0.309 e. The highest BCUT2D eigenvalue weighted by Gasteiger charge is 2.15. The molecule has 2 rings (SSSR count). The molecule has 0 heterocycles. The molecule has 0 aliphatic carbocycles. The summed E-state index contributed by atoms with van der Waals surface area (Å²) in [6, 6.07) is 14.9. The van der Waals surface area contributed by atoms with E-state index < -0.39 is 0 Å².